The second kappa shape index (κ2) is 7.60. The van der Waals surface area contributed by atoms with Gasteiger partial charge in [0.05, 0.1) is 0 Å². The number of amides is 1. The van der Waals surface area contributed by atoms with Crippen LogP contribution in [0.15, 0.2) is 12.1 Å². The number of ether oxygens (including phenoxy) is 1. The molecule has 1 aromatic rings. The Kier molecular flexibility index (Phi) is 5.58. The van der Waals surface area contributed by atoms with Gasteiger partial charge in [0.1, 0.15) is 11.4 Å². The molecule has 0 bridgehead atoms. The van der Waals surface area contributed by atoms with Gasteiger partial charge < -0.3 is 14.5 Å². The quantitative estimate of drug-likeness (QED) is 0.736. The zero-order valence-corrected chi connectivity index (χ0v) is 16.4. The number of anilines is 1. The minimum atomic E-state index is -2.58. The highest BCUT2D eigenvalue weighted by Gasteiger charge is 2.32. The SMILES string of the molecule is CC(C)(C)OC(=O)N1CCc2ccc(N3CCCC(F)(F)CC3)nc2CC1. The summed E-state index contributed by atoms with van der Waals surface area (Å²) in [5, 5.41) is 0. The van der Waals surface area contributed by atoms with Gasteiger partial charge in [-0.25, -0.2) is 18.6 Å². The maximum absolute atomic E-state index is 13.6. The average Bonchev–Trinajstić information content (AvgIpc) is 2.88. The van der Waals surface area contributed by atoms with Gasteiger partial charge in [0.2, 0.25) is 5.92 Å². The number of carbonyl (C=O) groups excluding carboxylic acids is 1. The molecule has 0 radical (unpaired) electrons. The fourth-order valence-corrected chi connectivity index (χ4v) is 3.55. The predicted octanol–water partition coefficient (Wildman–Crippen LogP) is 4.04. The fraction of sp³-hybridized carbons (Fsp3) is 0.700. The van der Waals surface area contributed by atoms with Crippen molar-refractivity contribution in [2.45, 2.75) is 64.4 Å². The highest BCUT2D eigenvalue weighted by atomic mass is 19.3. The summed E-state index contributed by atoms with van der Waals surface area (Å²) < 4.78 is 32.7. The summed E-state index contributed by atoms with van der Waals surface area (Å²) in [4.78, 5) is 20.8. The summed E-state index contributed by atoms with van der Waals surface area (Å²) in [6.45, 7) is 7.64. The van der Waals surface area contributed by atoms with E-state index in [9.17, 15) is 13.6 Å². The Hall–Kier alpha value is -1.92. The first-order valence-electron chi connectivity index (χ1n) is 9.72. The minimum Gasteiger partial charge on any atom is -0.444 e. The van der Waals surface area contributed by atoms with Gasteiger partial charge >= 0.3 is 6.09 Å². The zero-order chi connectivity index (χ0) is 19.7. The van der Waals surface area contributed by atoms with Crippen molar-refractivity contribution in [3.63, 3.8) is 0 Å². The largest absolute Gasteiger partial charge is 0.444 e. The number of aromatic nitrogens is 1. The third-order valence-corrected chi connectivity index (χ3v) is 5.02. The first-order chi connectivity index (χ1) is 12.6. The second-order valence-electron chi connectivity index (χ2n) is 8.44. The predicted molar refractivity (Wildman–Crippen MR) is 100 cm³/mol. The van der Waals surface area contributed by atoms with Gasteiger partial charge in [-0.05, 0) is 45.2 Å². The molecule has 0 spiro atoms. The molecule has 7 heteroatoms. The number of halogens is 2. The third kappa shape index (κ3) is 5.30. The number of pyridine rings is 1. The summed E-state index contributed by atoms with van der Waals surface area (Å²) in [5.74, 6) is -1.81. The third-order valence-electron chi connectivity index (χ3n) is 5.02. The van der Waals surface area contributed by atoms with E-state index in [0.717, 1.165) is 23.5 Å². The van der Waals surface area contributed by atoms with Gasteiger partial charge in [0, 0.05) is 51.1 Å². The molecule has 3 rings (SSSR count). The fourth-order valence-electron chi connectivity index (χ4n) is 3.55. The van der Waals surface area contributed by atoms with Crippen molar-refractivity contribution in [2.75, 3.05) is 31.1 Å². The number of alkyl halides is 2. The van der Waals surface area contributed by atoms with Crippen molar-refractivity contribution < 1.29 is 18.3 Å². The van der Waals surface area contributed by atoms with Crippen LogP contribution in [-0.4, -0.2) is 53.7 Å². The molecule has 2 aliphatic heterocycles. The van der Waals surface area contributed by atoms with Crippen LogP contribution in [-0.2, 0) is 17.6 Å². The Morgan fingerprint density at radius 3 is 2.59 bits per heavy atom. The Bertz CT molecular complexity index is 688. The van der Waals surface area contributed by atoms with Crippen LogP contribution in [0, 0.1) is 0 Å². The first kappa shape index (κ1) is 19.8. The number of hydrogen-bond acceptors (Lipinski definition) is 4. The number of nitrogens with zero attached hydrogens (tertiary/aromatic N) is 3. The minimum absolute atomic E-state index is 0.0563. The van der Waals surface area contributed by atoms with Gasteiger partial charge in [0.15, 0.2) is 0 Å². The van der Waals surface area contributed by atoms with Crippen LogP contribution in [0.2, 0.25) is 0 Å². The molecule has 1 saturated heterocycles. The van der Waals surface area contributed by atoms with E-state index in [2.05, 4.69) is 0 Å². The molecule has 1 fully saturated rings. The molecule has 5 nitrogen and oxygen atoms in total. The van der Waals surface area contributed by atoms with E-state index in [1.165, 1.54) is 0 Å². The first-order valence-corrected chi connectivity index (χ1v) is 9.72. The van der Waals surface area contributed by atoms with E-state index < -0.39 is 11.5 Å². The molecule has 0 N–H and O–H groups in total. The van der Waals surface area contributed by atoms with Crippen LogP contribution in [0.25, 0.3) is 0 Å². The smallest absolute Gasteiger partial charge is 0.410 e. The molecule has 0 aliphatic carbocycles. The average molecular weight is 381 g/mol. The monoisotopic (exact) mass is 381 g/mol. The number of hydrogen-bond donors (Lipinski definition) is 0. The molecule has 3 heterocycles. The number of rotatable bonds is 1. The molecule has 0 atom stereocenters. The van der Waals surface area contributed by atoms with Crippen molar-refractivity contribution in [1.29, 1.82) is 0 Å². The van der Waals surface area contributed by atoms with Crippen LogP contribution in [0.1, 0.15) is 51.3 Å². The zero-order valence-electron chi connectivity index (χ0n) is 16.4. The lowest BCUT2D eigenvalue weighted by Gasteiger charge is -2.26. The normalized spacial score (nSPS) is 20.5. The Morgan fingerprint density at radius 1 is 1.11 bits per heavy atom. The lowest BCUT2D eigenvalue weighted by Crippen LogP contribution is -2.38. The molecule has 1 amide bonds. The maximum Gasteiger partial charge on any atom is 0.410 e. The molecular formula is C20H29F2N3O2. The lowest BCUT2D eigenvalue weighted by atomic mass is 10.1. The van der Waals surface area contributed by atoms with Gasteiger partial charge in [-0.3, -0.25) is 0 Å². The summed E-state index contributed by atoms with van der Waals surface area (Å²) in [6, 6.07) is 3.95. The van der Waals surface area contributed by atoms with Crippen molar-refractivity contribution in [3.8, 4) is 0 Å². The summed E-state index contributed by atoms with van der Waals surface area (Å²) >= 11 is 0. The van der Waals surface area contributed by atoms with E-state index in [1.807, 2.05) is 37.8 Å². The maximum atomic E-state index is 13.6. The number of fused-ring (bicyclic) bond motifs is 1. The Labute approximate surface area is 159 Å². The molecule has 1 aromatic heterocycles. The Morgan fingerprint density at radius 2 is 1.85 bits per heavy atom. The van der Waals surface area contributed by atoms with Crippen LogP contribution in [0.4, 0.5) is 19.4 Å². The van der Waals surface area contributed by atoms with E-state index in [0.29, 0.717) is 39.0 Å². The van der Waals surface area contributed by atoms with Gasteiger partial charge in [0.25, 0.3) is 0 Å². The second-order valence-corrected chi connectivity index (χ2v) is 8.44. The molecule has 150 valence electrons. The summed E-state index contributed by atoms with van der Waals surface area (Å²) in [5.41, 5.74) is 1.55. The molecule has 27 heavy (non-hydrogen) atoms. The number of carbonyl (C=O) groups is 1. The molecular weight excluding hydrogens is 352 g/mol. The van der Waals surface area contributed by atoms with Crippen molar-refractivity contribution in [1.82, 2.24) is 9.88 Å². The van der Waals surface area contributed by atoms with Gasteiger partial charge in [-0.2, -0.15) is 0 Å². The van der Waals surface area contributed by atoms with Crippen molar-refractivity contribution in [2.24, 2.45) is 0 Å². The van der Waals surface area contributed by atoms with E-state index in [4.69, 9.17) is 9.72 Å². The van der Waals surface area contributed by atoms with E-state index in [1.54, 1.807) is 4.90 Å². The standard InChI is InChI=1S/C20H29F2N3O2/c1-19(2,3)27-18(26)25-12-7-15-5-6-17(23-16(15)8-13-25)24-11-4-9-20(21,22)10-14-24/h5-6H,4,7-14H2,1-3H3. The highest BCUT2D eigenvalue weighted by Crippen LogP contribution is 2.30. The van der Waals surface area contributed by atoms with Gasteiger partial charge in [-0.15, -0.1) is 0 Å². The highest BCUT2D eigenvalue weighted by molar-refractivity contribution is 5.68. The topological polar surface area (TPSA) is 45.7 Å². The van der Waals surface area contributed by atoms with Crippen LogP contribution in [0.5, 0.6) is 0 Å². The lowest BCUT2D eigenvalue weighted by molar-refractivity contribution is -0.0102. The summed E-state index contributed by atoms with van der Waals surface area (Å²) in [6.07, 6.45) is 1.35. The van der Waals surface area contributed by atoms with Crippen LogP contribution in [0.3, 0.4) is 0 Å². The molecule has 0 saturated carbocycles. The molecule has 2 aliphatic rings. The van der Waals surface area contributed by atoms with Crippen LogP contribution < -0.4 is 4.90 Å². The van der Waals surface area contributed by atoms with Gasteiger partial charge in [-0.1, -0.05) is 6.07 Å². The Balaban J connectivity index is 1.68. The molecule has 0 unspecified atom stereocenters. The van der Waals surface area contributed by atoms with Crippen molar-refractivity contribution in [3.05, 3.63) is 23.4 Å². The van der Waals surface area contributed by atoms with Crippen molar-refractivity contribution >= 4 is 11.9 Å². The summed E-state index contributed by atoms with van der Waals surface area (Å²) in [7, 11) is 0. The van der Waals surface area contributed by atoms with E-state index >= 15 is 0 Å². The molecule has 0 aromatic carbocycles. The van der Waals surface area contributed by atoms with Crippen LogP contribution >= 0.6 is 0 Å². The van der Waals surface area contributed by atoms with E-state index in [-0.39, 0.29) is 18.9 Å².